The van der Waals surface area contributed by atoms with E-state index in [1.165, 1.54) is 24.1 Å². The Hall–Kier alpha value is -3.67. The molecule has 0 radical (unpaired) electrons. The zero-order chi connectivity index (χ0) is 21.1. The molecule has 0 saturated heterocycles. The lowest BCUT2D eigenvalue weighted by Gasteiger charge is -2.05. The number of anilines is 1. The number of hydrogen-bond acceptors (Lipinski definition) is 7. The molecule has 3 rings (SSSR count). The Labute approximate surface area is 168 Å². The second kappa shape index (κ2) is 8.14. The van der Waals surface area contributed by atoms with Crippen LogP contribution in [0.5, 0.6) is 0 Å². The van der Waals surface area contributed by atoms with Crippen LogP contribution >= 0.6 is 11.6 Å². The van der Waals surface area contributed by atoms with Gasteiger partial charge in [0.2, 0.25) is 5.91 Å². The van der Waals surface area contributed by atoms with Crippen LogP contribution in [0.2, 0.25) is 5.02 Å². The van der Waals surface area contributed by atoms with Crippen molar-refractivity contribution in [1.29, 1.82) is 0 Å². The number of aromatic nitrogens is 4. The Balaban J connectivity index is 1.70. The lowest BCUT2D eigenvalue weighted by atomic mass is 10.3. The second-order valence-electron chi connectivity index (χ2n) is 6.01. The number of carbonyl (C=O) groups excluding carboxylic acids is 2. The van der Waals surface area contributed by atoms with Crippen molar-refractivity contribution in [2.75, 3.05) is 5.32 Å². The molecule has 0 saturated carbocycles. The highest BCUT2D eigenvalue weighted by Gasteiger charge is 2.26. The van der Waals surface area contributed by atoms with Gasteiger partial charge >= 0.3 is 5.82 Å². The Morgan fingerprint density at radius 1 is 1.38 bits per heavy atom. The first-order valence-electron chi connectivity index (χ1n) is 8.27. The standard InChI is InChI=1S/C16H16ClN7O5/c1-9-13(17)15(24(27)28)21-23(9)8-12(25)19-11-7-22(2)20-14(11)16(26)18-6-10-4-3-5-29-10/h3-5,7H,6,8H2,1-2H3,(H,18,26)(H,19,25). The first-order chi connectivity index (χ1) is 13.8. The summed E-state index contributed by atoms with van der Waals surface area (Å²) in [5.41, 5.74) is 0.463. The van der Waals surface area contributed by atoms with Crippen LogP contribution in [0, 0.1) is 17.0 Å². The predicted molar refractivity (Wildman–Crippen MR) is 100 cm³/mol. The molecule has 2 amide bonds. The normalized spacial score (nSPS) is 10.7. The van der Waals surface area contributed by atoms with E-state index < -0.39 is 22.6 Å². The molecule has 0 atom stereocenters. The van der Waals surface area contributed by atoms with Gasteiger partial charge in [-0.3, -0.25) is 14.3 Å². The Morgan fingerprint density at radius 3 is 2.76 bits per heavy atom. The third-order valence-electron chi connectivity index (χ3n) is 3.90. The van der Waals surface area contributed by atoms with Crippen molar-refractivity contribution in [2.45, 2.75) is 20.0 Å². The van der Waals surface area contributed by atoms with Crippen LogP contribution in [0.15, 0.2) is 29.0 Å². The number of nitrogens with zero attached hydrogens (tertiary/aromatic N) is 5. The van der Waals surface area contributed by atoms with E-state index in [1.807, 2.05) is 0 Å². The highest BCUT2D eigenvalue weighted by atomic mass is 35.5. The van der Waals surface area contributed by atoms with E-state index in [2.05, 4.69) is 20.8 Å². The maximum atomic E-state index is 12.4. The van der Waals surface area contributed by atoms with Crippen LogP contribution in [0.3, 0.4) is 0 Å². The third kappa shape index (κ3) is 4.43. The van der Waals surface area contributed by atoms with E-state index >= 15 is 0 Å². The first kappa shape index (κ1) is 20.1. The number of hydrogen-bond donors (Lipinski definition) is 2. The van der Waals surface area contributed by atoms with Crippen molar-refractivity contribution in [3.05, 3.63) is 56.9 Å². The molecule has 0 aliphatic rings. The van der Waals surface area contributed by atoms with Gasteiger partial charge in [0, 0.05) is 13.2 Å². The number of carbonyl (C=O) groups is 2. The van der Waals surface area contributed by atoms with Gasteiger partial charge in [-0.2, -0.15) is 9.78 Å². The van der Waals surface area contributed by atoms with E-state index in [0.717, 1.165) is 4.68 Å². The molecule has 3 heterocycles. The van der Waals surface area contributed by atoms with E-state index in [9.17, 15) is 19.7 Å². The molecule has 0 aromatic carbocycles. The van der Waals surface area contributed by atoms with Crippen molar-refractivity contribution in [2.24, 2.45) is 7.05 Å². The Bertz CT molecular complexity index is 1070. The summed E-state index contributed by atoms with van der Waals surface area (Å²) in [4.78, 5) is 35.0. The van der Waals surface area contributed by atoms with Gasteiger partial charge in [0.1, 0.15) is 12.3 Å². The van der Waals surface area contributed by atoms with Gasteiger partial charge in [0.25, 0.3) is 5.91 Å². The molecular weight excluding hydrogens is 406 g/mol. The van der Waals surface area contributed by atoms with Crippen LogP contribution in [0.1, 0.15) is 21.9 Å². The van der Waals surface area contributed by atoms with E-state index in [0.29, 0.717) is 5.76 Å². The summed E-state index contributed by atoms with van der Waals surface area (Å²) in [6, 6.07) is 3.40. The maximum Gasteiger partial charge on any atom is 0.408 e. The van der Waals surface area contributed by atoms with E-state index in [1.54, 1.807) is 19.2 Å². The smallest absolute Gasteiger partial charge is 0.408 e. The number of nitrogens with one attached hydrogen (secondary N) is 2. The lowest BCUT2D eigenvalue weighted by molar-refractivity contribution is -0.389. The number of nitro groups is 1. The average molecular weight is 422 g/mol. The molecule has 3 aromatic rings. The minimum atomic E-state index is -0.730. The van der Waals surface area contributed by atoms with E-state index in [-0.39, 0.29) is 35.2 Å². The van der Waals surface area contributed by atoms with Crippen LogP contribution in [-0.2, 0) is 24.9 Å². The largest absolute Gasteiger partial charge is 0.467 e. The highest BCUT2D eigenvalue weighted by molar-refractivity contribution is 6.33. The number of rotatable bonds is 7. The number of amides is 2. The van der Waals surface area contributed by atoms with Crippen LogP contribution in [-0.4, -0.2) is 36.3 Å². The minimum absolute atomic E-state index is 0.00797. The molecule has 12 nitrogen and oxygen atoms in total. The third-order valence-corrected chi connectivity index (χ3v) is 4.35. The van der Waals surface area contributed by atoms with Crippen molar-refractivity contribution in [3.63, 3.8) is 0 Å². The summed E-state index contributed by atoms with van der Waals surface area (Å²) in [6.07, 6.45) is 2.95. The SMILES string of the molecule is Cc1c(Cl)c([N+](=O)[O-])nn1CC(=O)Nc1cn(C)nc1C(=O)NCc1ccco1. The highest BCUT2D eigenvalue weighted by Crippen LogP contribution is 2.26. The van der Waals surface area contributed by atoms with Gasteiger partial charge < -0.3 is 25.2 Å². The van der Waals surface area contributed by atoms with Gasteiger partial charge in [0.05, 0.1) is 29.3 Å². The summed E-state index contributed by atoms with van der Waals surface area (Å²) >= 11 is 5.87. The fourth-order valence-corrected chi connectivity index (χ4v) is 2.72. The number of halogens is 1. The fraction of sp³-hybridized carbons (Fsp3) is 0.250. The molecule has 152 valence electrons. The fourth-order valence-electron chi connectivity index (χ4n) is 2.52. The first-order valence-corrected chi connectivity index (χ1v) is 8.65. The van der Waals surface area contributed by atoms with Crippen LogP contribution < -0.4 is 10.6 Å². The van der Waals surface area contributed by atoms with Crippen molar-refractivity contribution in [3.8, 4) is 0 Å². The van der Waals surface area contributed by atoms with Gasteiger partial charge in [-0.1, -0.05) is 11.6 Å². The summed E-state index contributed by atoms with van der Waals surface area (Å²) < 4.78 is 7.63. The second-order valence-corrected chi connectivity index (χ2v) is 6.39. The zero-order valence-corrected chi connectivity index (χ0v) is 16.1. The molecule has 3 aromatic heterocycles. The van der Waals surface area contributed by atoms with Gasteiger partial charge in [-0.15, -0.1) is 0 Å². The van der Waals surface area contributed by atoms with Gasteiger partial charge in [-0.05, 0) is 24.0 Å². The predicted octanol–water partition coefficient (Wildman–Crippen LogP) is 1.65. The van der Waals surface area contributed by atoms with Gasteiger partial charge in [-0.25, -0.2) is 0 Å². The topological polar surface area (TPSA) is 150 Å². The summed E-state index contributed by atoms with van der Waals surface area (Å²) in [5, 5.41) is 23.8. The molecule has 0 aliphatic heterocycles. The quantitative estimate of drug-likeness (QED) is 0.434. The van der Waals surface area contributed by atoms with Crippen molar-refractivity contribution < 1.29 is 18.9 Å². The summed E-state index contributed by atoms with van der Waals surface area (Å²) in [5.74, 6) is -1.04. The molecule has 2 N–H and O–H groups in total. The van der Waals surface area contributed by atoms with Crippen LogP contribution in [0.25, 0.3) is 0 Å². The molecule has 0 spiro atoms. The summed E-state index contributed by atoms with van der Waals surface area (Å²) in [7, 11) is 1.60. The van der Waals surface area contributed by atoms with E-state index in [4.69, 9.17) is 16.0 Å². The molecule has 0 bridgehead atoms. The van der Waals surface area contributed by atoms with Crippen LogP contribution in [0.4, 0.5) is 11.5 Å². The Kier molecular flexibility index (Phi) is 5.64. The molecule has 0 unspecified atom stereocenters. The summed E-state index contributed by atoms with van der Waals surface area (Å²) in [6.45, 7) is 1.33. The van der Waals surface area contributed by atoms with Gasteiger partial charge in [0.15, 0.2) is 10.7 Å². The number of furan rings is 1. The minimum Gasteiger partial charge on any atom is -0.467 e. The average Bonchev–Trinajstić information content (AvgIpc) is 3.36. The lowest BCUT2D eigenvalue weighted by Crippen LogP contribution is -2.26. The zero-order valence-electron chi connectivity index (χ0n) is 15.4. The maximum absolute atomic E-state index is 12.4. The molecule has 0 aliphatic carbocycles. The number of aryl methyl sites for hydroxylation is 1. The molecule has 0 fully saturated rings. The Morgan fingerprint density at radius 2 is 2.14 bits per heavy atom. The van der Waals surface area contributed by atoms with Crippen molar-refractivity contribution in [1.82, 2.24) is 24.9 Å². The molecular formula is C16H16ClN7O5. The molecule has 13 heteroatoms. The monoisotopic (exact) mass is 421 g/mol. The van der Waals surface area contributed by atoms with Crippen molar-refractivity contribution >= 4 is 34.9 Å². The molecule has 29 heavy (non-hydrogen) atoms.